The molecule has 0 radical (unpaired) electrons. The molecule has 0 unspecified atom stereocenters. The molecule has 0 aliphatic carbocycles. The van der Waals surface area contributed by atoms with Gasteiger partial charge in [0.15, 0.2) is 0 Å². The van der Waals surface area contributed by atoms with Crippen LogP contribution in [0.2, 0.25) is 0 Å². The number of sulfonamides is 1. The lowest BCUT2D eigenvalue weighted by Crippen LogP contribution is -2.36. The number of nitrogens with one attached hydrogen (secondary N) is 3. The van der Waals surface area contributed by atoms with Crippen LogP contribution >= 0.6 is 0 Å². The minimum absolute atomic E-state index is 0.0133. The Labute approximate surface area is 236 Å². The third-order valence-electron chi connectivity index (χ3n) is 6.57. The van der Waals surface area contributed by atoms with Gasteiger partial charge in [-0.3, -0.25) is 14.6 Å². The Balaban J connectivity index is 1.86. The van der Waals surface area contributed by atoms with E-state index in [1.165, 1.54) is 13.1 Å². The zero-order valence-electron chi connectivity index (χ0n) is 24.0. The van der Waals surface area contributed by atoms with Gasteiger partial charge in [0.25, 0.3) is 11.8 Å². The molecule has 2 aromatic carbocycles. The maximum Gasteiger partial charge on any atom is 0.255 e. The van der Waals surface area contributed by atoms with Crippen LogP contribution in [-0.2, 0) is 15.4 Å². The molecule has 9 nitrogen and oxygen atoms in total. The Hall–Kier alpha value is -3.60. The average Bonchev–Trinajstić information content (AvgIpc) is 2.92. The van der Waals surface area contributed by atoms with Gasteiger partial charge in [-0.15, -0.1) is 0 Å². The summed E-state index contributed by atoms with van der Waals surface area (Å²) in [4.78, 5) is 30.2. The van der Waals surface area contributed by atoms with Gasteiger partial charge in [0, 0.05) is 41.0 Å². The van der Waals surface area contributed by atoms with Crippen LogP contribution in [0.3, 0.4) is 0 Å². The predicted molar refractivity (Wildman–Crippen MR) is 157 cm³/mol. The highest BCUT2D eigenvalue weighted by Gasteiger charge is 2.22. The highest BCUT2D eigenvalue weighted by molar-refractivity contribution is 7.89. The number of rotatable bonds is 9. The number of carbonyl (C=O) groups excluding carboxylic acids is 2. The number of hydrogen-bond acceptors (Lipinski definition) is 6. The van der Waals surface area contributed by atoms with Crippen molar-refractivity contribution in [1.82, 2.24) is 15.0 Å². The molecule has 4 N–H and O–H groups in total. The van der Waals surface area contributed by atoms with E-state index >= 15 is 0 Å². The van der Waals surface area contributed by atoms with Crippen LogP contribution in [0, 0.1) is 12.3 Å². The Morgan fingerprint density at radius 3 is 2.15 bits per heavy atom. The van der Waals surface area contributed by atoms with E-state index in [0.717, 1.165) is 16.8 Å². The van der Waals surface area contributed by atoms with E-state index in [2.05, 4.69) is 20.3 Å². The van der Waals surface area contributed by atoms with E-state index < -0.39 is 21.3 Å². The molecule has 2 amide bonds. The van der Waals surface area contributed by atoms with Gasteiger partial charge in [-0.1, -0.05) is 46.8 Å². The number of hydrogen-bond donors (Lipinski definition) is 4. The first-order chi connectivity index (χ1) is 18.6. The summed E-state index contributed by atoms with van der Waals surface area (Å²) in [6.07, 6.45) is 1.54. The third-order valence-corrected chi connectivity index (χ3v) is 7.97. The molecule has 0 bridgehead atoms. The monoisotopic (exact) mass is 566 g/mol. The van der Waals surface area contributed by atoms with E-state index in [-0.39, 0.29) is 28.4 Å². The first kappa shape index (κ1) is 30.9. The lowest BCUT2D eigenvalue weighted by Gasteiger charge is -2.21. The van der Waals surface area contributed by atoms with Crippen LogP contribution in [0.15, 0.2) is 59.6 Å². The van der Waals surface area contributed by atoms with Crippen LogP contribution in [0.4, 0.5) is 5.69 Å². The SMILES string of the molecule is CNS(=O)(=O)c1cc(C(=O)Nc2cnc(C)c(-c3ccc(C(=O)NCC(C)(C)CO)cc3)c2)cc(C(C)(C)C)c1. The predicted octanol–water partition coefficient (Wildman–Crippen LogP) is 4.26. The fourth-order valence-corrected chi connectivity index (χ4v) is 4.61. The number of benzene rings is 2. The summed E-state index contributed by atoms with van der Waals surface area (Å²) in [6.45, 7) is 11.7. The lowest BCUT2D eigenvalue weighted by atomic mass is 9.86. The number of carbonyl (C=O) groups is 2. The van der Waals surface area contributed by atoms with Crippen molar-refractivity contribution < 1.29 is 23.1 Å². The minimum atomic E-state index is -3.76. The minimum Gasteiger partial charge on any atom is -0.396 e. The van der Waals surface area contributed by atoms with Crippen molar-refractivity contribution in [2.24, 2.45) is 5.41 Å². The van der Waals surface area contributed by atoms with Crippen LogP contribution in [0.1, 0.15) is 66.6 Å². The van der Waals surface area contributed by atoms with Gasteiger partial charge in [0.05, 0.1) is 16.8 Å². The normalized spacial score (nSPS) is 12.2. The van der Waals surface area contributed by atoms with Crippen molar-refractivity contribution in [2.75, 3.05) is 25.5 Å². The van der Waals surface area contributed by atoms with Gasteiger partial charge >= 0.3 is 0 Å². The van der Waals surface area contributed by atoms with Gasteiger partial charge in [-0.05, 0) is 66.9 Å². The largest absolute Gasteiger partial charge is 0.396 e. The van der Waals surface area contributed by atoms with Crippen LogP contribution in [0.5, 0.6) is 0 Å². The Kier molecular flexibility index (Phi) is 9.18. The van der Waals surface area contributed by atoms with Crippen molar-refractivity contribution in [3.63, 3.8) is 0 Å². The molecule has 3 rings (SSSR count). The standard InChI is InChI=1S/C30H38N4O5S/c1-19-26(20-8-10-21(11-9-20)27(36)33-17-30(5,6)18-35)15-24(16-32-19)34-28(37)22-12-23(29(2,3)4)14-25(13-22)40(38,39)31-7/h8-16,31,35H,17-18H2,1-7H3,(H,33,36)(H,34,37). The number of aliphatic hydroxyl groups excluding tert-OH is 1. The summed E-state index contributed by atoms with van der Waals surface area (Å²) in [5.74, 6) is -0.700. The zero-order valence-corrected chi connectivity index (χ0v) is 24.9. The number of aryl methyl sites for hydroxylation is 1. The maximum atomic E-state index is 13.3. The van der Waals surface area contributed by atoms with Crippen molar-refractivity contribution in [1.29, 1.82) is 0 Å². The fourth-order valence-electron chi connectivity index (χ4n) is 3.81. The average molecular weight is 567 g/mol. The second kappa shape index (κ2) is 11.9. The second-order valence-electron chi connectivity index (χ2n) is 11.6. The van der Waals surface area contributed by atoms with Crippen LogP contribution < -0.4 is 15.4 Å². The molecule has 0 fully saturated rings. The topological polar surface area (TPSA) is 137 Å². The Morgan fingerprint density at radius 2 is 1.57 bits per heavy atom. The maximum absolute atomic E-state index is 13.3. The number of aromatic nitrogens is 1. The highest BCUT2D eigenvalue weighted by Crippen LogP contribution is 2.28. The quantitative estimate of drug-likeness (QED) is 0.305. The molecule has 10 heteroatoms. The van der Waals surface area contributed by atoms with Crippen molar-refractivity contribution in [3.05, 3.63) is 77.1 Å². The molecule has 1 aromatic heterocycles. The van der Waals surface area contributed by atoms with Crippen molar-refractivity contribution >= 4 is 27.5 Å². The van der Waals surface area contributed by atoms with E-state index in [1.807, 2.05) is 53.7 Å². The van der Waals surface area contributed by atoms with Crippen molar-refractivity contribution in [2.45, 2.75) is 51.9 Å². The molecule has 1 heterocycles. The molecule has 3 aromatic rings. The zero-order chi connectivity index (χ0) is 29.9. The van der Waals surface area contributed by atoms with Gasteiger partial charge in [0.2, 0.25) is 10.0 Å². The molecule has 0 spiro atoms. The first-order valence-corrected chi connectivity index (χ1v) is 14.4. The second-order valence-corrected chi connectivity index (χ2v) is 13.5. The molecule has 0 saturated heterocycles. The van der Waals surface area contributed by atoms with Gasteiger partial charge in [-0.25, -0.2) is 13.1 Å². The summed E-state index contributed by atoms with van der Waals surface area (Å²) >= 11 is 0. The summed E-state index contributed by atoms with van der Waals surface area (Å²) in [7, 11) is -2.43. The summed E-state index contributed by atoms with van der Waals surface area (Å²) in [6, 6.07) is 13.4. The summed E-state index contributed by atoms with van der Waals surface area (Å²) < 4.78 is 27.4. The fraction of sp³-hybridized carbons (Fsp3) is 0.367. The van der Waals surface area contributed by atoms with E-state index in [9.17, 15) is 23.1 Å². The Morgan fingerprint density at radius 1 is 0.925 bits per heavy atom. The summed E-state index contributed by atoms with van der Waals surface area (Å²) in [5, 5.41) is 15.1. The van der Waals surface area contributed by atoms with Gasteiger partial charge < -0.3 is 15.7 Å². The molecular weight excluding hydrogens is 528 g/mol. The van der Waals surface area contributed by atoms with Gasteiger partial charge in [-0.2, -0.15) is 0 Å². The molecule has 0 atom stereocenters. The van der Waals surface area contributed by atoms with Gasteiger partial charge in [0.1, 0.15) is 0 Å². The van der Waals surface area contributed by atoms with E-state index in [4.69, 9.17) is 0 Å². The molecule has 0 aliphatic heterocycles. The highest BCUT2D eigenvalue weighted by atomic mass is 32.2. The lowest BCUT2D eigenvalue weighted by molar-refractivity contribution is 0.0910. The van der Waals surface area contributed by atoms with Crippen LogP contribution in [0.25, 0.3) is 11.1 Å². The summed E-state index contributed by atoms with van der Waals surface area (Å²) in [5.41, 5.74) is 3.36. The molecule has 0 aliphatic rings. The van der Waals surface area contributed by atoms with E-state index in [1.54, 1.807) is 36.5 Å². The number of aliphatic hydroxyl groups is 1. The third kappa shape index (κ3) is 7.53. The molecule has 40 heavy (non-hydrogen) atoms. The number of anilines is 1. The van der Waals surface area contributed by atoms with Crippen molar-refractivity contribution in [3.8, 4) is 11.1 Å². The number of nitrogens with zero attached hydrogens (tertiary/aromatic N) is 1. The number of pyridine rings is 1. The smallest absolute Gasteiger partial charge is 0.255 e. The van der Waals surface area contributed by atoms with E-state index in [0.29, 0.717) is 23.4 Å². The first-order valence-electron chi connectivity index (χ1n) is 12.9. The molecule has 0 saturated carbocycles. The molecular formula is C30H38N4O5S. The van der Waals surface area contributed by atoms with Crippen LogP contribution in [-0.4, -0.2) is 50.5 Å². The Bertz CT molecular complexity index is 1510. The number of amides is 2. The molecule has 214 valence electrons.